The lowest BCUT2D eigenvalue weighted by atomic mass is 10.1. The van der Waals surface area contributed by atoms with Crippen LogP contribution >= 0.6 is 0 Å². The quantitative estimate of drug-likeness (QED) is 0.710. The van der Waals surface area contributed by atoms with Crippen LogP contribution in [-0.4, -0.2) is 43.4 Å². The fourth-order valence-corrected chi connectivity index (χ4v) is 3.71. The summed E-state index contributed by atoms with van der Waals surface area (Å²) in [6.07, 6.45) is 5.04. The second-order valence-corrected chi connectivity index (χ2v) is 7.09. The fourth-order valence-electron chi connectivity index (χ4n) is 3.71. The molecule has 9 nitrogen and oxygen atoms in total. The minimum absolute atomic E-state index is 0.112. The molecule has 0 bridgehead atoms. The third-order valence-electron chi connectivity index (χ3n) is 5.22. The average Bonchev–Trinajstić information content (AvgIpc) is 3.42. The van der Waals surface area contributed by atoms with Gasteiger partial charge in [0.25, 0.3) is 5.91 Å². The van der Waals surface area contributed by atoms with Crippen molar-refractivity contribution in [3.63, 3.8) is 0 Å². The van der Waals surface area contributed by atoms with Crippen molar-refractivity contribution in [3.05, 3.63) is 59.8 Å². The maximum Gasteiger partial charge on any atom is 0.288 e. The summed E-state index contributed by atoms with van der Waals surface area (Å²) in [7, 11) is 1.79. The molecule has 2 aliphatic heterocycles. The van der Waals surface area contributed by atoms with Gasteiger partial charge in [-0.2, -0.15) is 5.10 Å². The van der Waals surface area contributed by atoms with Crippen molar-refractivity contribution in [2.45, 2.75) is 38.3 Å². The number of aromatic nitrogens is 5. The lowest BCUT2D eigenvalue weighted by Gasteiger charge is -2.13. The van der Waals surface area contributed by atoms with E-state index in [1.54, 1.807) is 18.1 Å². The van der Waals surface area contributed by atoms with Gasteiger partial charge in [0.15, 0.2) is 0 Å². The van der Waals surface area contributed by atoms with Crippen LogP contribution in [0.3, 0.4) is 0 Å². The zero-order valence-corrected chi connectivity index (χ0v) is 16.2. The van der Waals surface area contributed by atoms with Gasteiger partial charge in [0.1, 0.15) is 11.6 Å². The maximum absolute atomic E-state index is 11.4. The molecule has 0 saturated heterocycles. The van der Waals surface area contributed by atoms with Crippen LogP contribution in [0, 0.1) is 0 Å². The molecule has 2 amide bonds. The molecule has 0 radical (unpaired) electrons. The number of carbonyl (C=O) groups excluding carboxylic acids is 2. The first-order valence-corrected chi connectivity index (χ1v) is 9.63. The molecule has 2 N–H and O–H groups in total. The zero-order valence-electron chi connectivity index (χ0n) is 16.2. The predicted octanol–water partition coefficient (Wildman–Crippen LogP) is 1.55. The first-order valence-electron chi connectivity index (χ1n) is 9.63. The van der Waals surface area contributed by atoms with Crippen molar-refractivity contribution in [1.29, 1.82) is 0 Å². The predicted molar refractivity (Wildman–Crippen MR) is 106 cm³/mol. The number of nitrogens with two attached hydrogens (primary N) is 1. The number of amides is 2. The van der Waals surface area contributed by atoms with Gasteiger partial charge in [-0.25, -0.2) is 14.3 Å². The first-order chi connectivity index (χ1) is 14.0. The molecule has 0 spiro atoms. The smallest absolute Gasteiger partial charge is 0.288 e. The largest absolute Gasteiger partial charge is 0.363 e. The number of hydrogen-bond acceptors (Lipinski definition) is 5. The highest BCUT2D eigenvalue weighted by molar-refractivity contribution is 5.92. The van der Waals surface area contributed by atoms with Gasteiger partial charge in [-0.3, -0.25) is 9.59 Å². The number of rotatable bonds is 2. The van der Waals surface area contributed by atoms with Crippen molar-refractivity contribution in [2.75, 3.05) is 11.9 Å². The number of benzene rings is 1. The van der Waals surface area contributed by atoms with E-state index in [1.807, 2.05) is 33.6 Å². The molecule has 150 valence electrons. The Kier molecular flexibility index (Phi) is 5.11. The average molecular weight is 393 g/mol. The summed E-state index contributed by atoms with van der Waals surface area (Å²) < 4.78 is 3.68. The zero-order chi connectivity index (χ0) is 20.4. The van der Waals surface area contributed by atoms with E-state index in [4.69, 9.17) is 5.73 Å². The fraction of sp³-hybridized carbons (Fsp3) is 0.350. The van der Waals surface area contributed by atoms with Gasteiger partial charge in [-0.1, -0.05) is 30.3 Å². The summed E-state index contributed by atoms with van der Waals surface area (Å²) in [5.74, 6) is 1.46. The van der Waals surface area contributed by atoms with Crippen LogP contribution in [-0.2, 0) is 17.8 Å². The highest BCUT2D eigenvalue weighted by Crippen LogP contribution is 2.29. The molecule has 29 heavy (non-hydrogen) atoms. The molecule has 3 aromatic rings. The second-order valence-electron chi connectivity index (χ2n) is 7.09. The van der Waals surface area contributed by atoms with Gasteiger partial charge in [0, 0.05) is 32.5 Å². The summed E-state index contributed by atoms with van der Waals surface area (Å²) in [4.78, 5) is 28.2. The van der Waals surface area contributed by atoms with Crippen LogP contribution in [0.2, 0.25) is 0 Å². The van der Waals surface area contributed by atoms with Gasteiger partial charge in [0.2, 0.25) is 11.7 Å². The van der Waals surface area contributed by atoms with E-state index in [0.717, 1.165) is 37.4 Å². The summed E-state index contributed by atoms with van der Waals surface area (Å²) >= 11 is 0. The molecule has 0 aliphatic carbocycles. The molecular weight excluding hydrogens is 370 g/mol. The van der Waals surface area contributed by atoms with Crippen molar-refractivity contribution in [2.24, 2.45) is 5.73 Å². The number of nitrogens with zero attached hydrogens (tertiary/aromatic N) is 6. The lowest BCUT2D eigenvalue weighted by Crippen LogP contribution is -2.25. The van der Waals surface area contributed by atoms with Crippen LogP contribution in [0.4, 0.5) is 5.82 Å². The summed E-state index contributed by atoms with van der Waals surface area (Å²) in [6, 6.07) is 12.1. The Labute approximate surface area is 168 Å². The number of fused-ring (bicyclic) bond motifs is 2. The number of anilines is 1. The monoisotopic (exact) mass is 393 g/mol. The van der Waals surface area contributed by atoms with E-state index in [0.29, 0.717) is 6.42 Å². The highest BCUT2D eigenvalue weighted by atomic mass is 16.2. The van der Waals surface area contributed by atoms with E-state index >= 15 is 0 Å². The minimum Gasteiger partial charge on any atom is -0.363 e. The maximum atomic E-state index is 11.4. The number of hydrogen-bond donors (Lipinski definition) is 1. The molecule has 4 heterocycles. The topological polar surface area (TPSA) is 112 Å². The van der Waals surface area contributed by atoms with Crippen LogP contribution in [0.1, 0.15) is 47.3 Å². The molecule has 2 aliphatic rings. The third kappa shape index (κ3) is 3.75. The van der Waals surface area contributed by atoms with Crippen molar-refractivity contribution < 1.29 is 9.59 Å². The Hall–Kier alpha value is -3.49. The van der Waals surface area contributed by atoms with Gasteiger partial charge in [-0.05, 0) is 18.4 Å². The Morgan fingerprint density at radius 2 is 1.97 bits per heavy atom. The Balaban J connectivity index is 0.000000150. The minimum atomic E-state index is -0.571. The highest BCUT2D eigenvalue weighted by Gasteiger charge is 2.27. The van der Waals surface area contributed by atoms with Gasteiger partial charge in [0.05, 0.1) is 12.2 Å². The molecule has 2 aromatic heterocycles. The summed E-state index contributed by atoms with van der Waals surface area (Å²) in [6.45, 7) is 0.846. The van der Waals surface area contributed by atoms with E-state index < -0.39 is 5.91 Å². The summed E-state index contributed by atoms with van der Waals surface area (Å²) in [5, 5.41) is 8.30. The Morgan fingerprint density at radius 1 is 1.17 bits per heavy atom. The molecule has 5 rings (SSSR count). The van der Waals surface area contributed by atoms with Crippen molar-refractivity contribution in [3.8, 4) is 0 Å². The van der Waals surface area contributed by atoms with E-state index in [2.05, 4.69) is 27.3 Å². The molecule has 1 atom stereocenters. The van der Waals surface area contributed by atoms with E-state index in [-0.39, 0.29) is 17.8 Å². The Morgan fingerprint density at radius 3 is 2.72 bits per heavy atom. The molecule has 9 heteroatoms. The van der Waals surface area contributed by atoms with Crippen LogP contribution < -0.4 is 10.6 Å². The normalized spacial score (nSPS) is 17.8. The SMILES string of the molecule is CN1C(=O)CCCn2nccc21.NC(=O)c1nc2n(n1)C(c1ccccc1)CC2. The summed E-state index contributed by atoms with van der Waals surface area (Å²) in [5.41, 5.74) is 6.37. The van der Waals surface area contributed by atoms with Gasteiger partial charge < -0.3 is 10.6 Å². The Bertz CT molecular complexity index is 1020. The third-order valence-corrected chi connectivity index (χ3v) is 5.22. The van der Waals surface area contributed by atoms with Crippen molar-refractivity contribution >= 4 is 17.6 Å². The van der Waals surface area contributed by atoms with Crippen molar-refractivity contribution in [1.82, 2.24) is 24.5 Å². The van der Waals surface area contributed by atoms with Crippen LogP contribution in [0.5, 0.6) is 0 Å². The van der Waals surface area contributed by atoms with Crippen LogP contribution in [0.25, 0.3) is 0 Å². The molecular formula is C20H23N7O2. The number of carbonyl (C=O) groups is 2. The first kappa shape index (κ1) is 18.9. The molecule has 1 unspecified atom stereocenters. The number of aryl methyl sites for hydroxylation is 2. The van der Waals surface area contributed by atoms with Crippen LogP contribution in [0.15, 0.2) is 42.6 Å². The second kappa shape index (κ2) is 7.86. The molecule has 0 fully saturated rings. The van der Waals surface area contributed by atoms with Gasteiger partial charge >= 0.3 is 0 Å². The number of primary amides is 1. The lowest BCUT2D eigenvalue weighted by molar-refractivity contribution is -0.118. The van der Waals surface area contributed by atoms with E-state index in [9.17, 15) is 9.59 Å². The van der Waals surface area contributed by atoms with E-state index in [1.165, 1.54) is 5.56 Å². The molecule has 1 aromatic carbocycles. The molecule has 0 saturated carbocycles. The standard InChI is InChI=1S/C12H12N4O.C8H11N3O/c13-11(17)12-14-10-7-6-9(16(10)15-12)8-4-2-1-3-5-8;1-10-7-4-5-9-11(7)6-2-3-8(10)12/h1-5,9H,6-7H2,(H2,13,17);4-5H,2-3,6H2,1H3. The van der Waals surface area contributed by atoms with Gasteiger partial charge in [-0.15, -0.1) is 5.10 Å².